The molecule has 1 aromatic carbocycles. The van der Waals surface area contributed by atoms with Crippen LogP contribution in [-0.2, 0) is 9.59 Å². The molecule has 0 spiro atoms. The Kier molecular flexibility index (Phi) is 5.14. The largest absolute Gasteiger partial charge is 0.307 e. The van der Waals surface area contributed by atoms with Gasteiger partial charge in [-0.05, 0) is 43.9 Å². The van der Waals surface area contributed by atoms with E-state index in [2.05, 4.69) is 17.2 Å². The fourth-order valence-corrected chi connectivity index (χ4v) is 4.49. The molecule has 0 unspecified atom stereocenters. The van der Waals surface area contributed by atoms with Crippen LogP contribution in [0.4, 0.5) is 5.82 Å². The minimum Gasteiger partial charge on any atom is -0.307 e. The zero-order chi connectivity index (χ0) is 20.5. The molecule has 1 aliphatic heterocycles. The number of aliphatic imine (C=N–C) groups is 1. The third kappa shape index (κ3) is 3.77. The smallest absolute Gasteiger partial charge is 0.255 e. The molecule has 5 heteroatoms. The number of ketones is 1. The van der Waals surface area contributed by atoms with Gasteiger partial charge in [0.2, 0.25) is 0 Å². The Morgan fingerprint density at radius 3 is 2.48 bits per heavy atom. The van der Waals surface area contributed by atoms with Gasteiger partial charge in [0.15, 0.2) is 0 Å². The SMILES string of the molecule is CC1=C(C(=O)Nc2cccc(C)n2)[C@H](c2ccccc2)[C@H]2C(=O)C[C@H](C)CC2=N1. The number of fused-ring (bicyclic) bond motifs is 1. The van der Waals surface area contributed by atoms with E-state index in [1.54, 1.807) is 6.07 Å². The molecule has 0 bridgehead atoms. The normalized spacial score (nSPS) is 24.0. The van der Waals surface area contributed by atoms with E-state index in [0.717, 1.165) is 23.4 Å². The van der Waals surface area contributed by atoms with Gasteiger partial charge < -0.3 is 5.32 Å². The lowest BCUT2D eigenvalue weighted by atomic mass is 9.67. The second kappa shape index (κ2) is 7.74. The number of hydrogen-bond donors (Lipinski definition) is 1. The maximum Gasteiger partial charge on any atom is 0.255 e. The van der Waals surface area contributed by atoms with Gasteiger partial charge in [0.1, 0.15) is 11.6 Å². The van der Waals surface area contributed by atoms with Gasteiger partial charge in [-0.15, -0.1) is 0 Å². The van der Waals surface area contributed by atoms with E-state index in [1.165, 1.54) is 0 Å². The Balaban J connectivity index is 1.79. The fourth-order valence-electron chi connectivity index (χ4n) is 4.49. The first-order valence-electron chi connectivity index (χ1n) is 10.0. The Hall–Kier alpha value is -3.08. The first-order chi connectivity index (χ1) is 13.9. The Morgan fingerprint density at radius 2 is 1.76 bits per heavy atom. The first kappa shape index (κ1) is 19.2. The Labute approximate surface area is 171 Å². The van der Waals surface area contributed by atoms with E-state index in [-0.39, 0.29) is 29.4 Å². The van der Waals surface area contributed by atoms with E-state index >= 15 is 0 Å². The number of aryl methyl sites for hydroxylation is 1. The van der Waals surface area contributed by atoms with Crippen molar-refractivity contribution in [2.75, 3.05) is 5.32 Å². The van der Waals surface area contributed by atoms with Gasteiger partial charge in [-0.25, -0.2) is 4.98 Å². The fraction of sp³-hybridized carbons (Fsp3) is 0.333. The average molecular weight is 387 g/mol. The number of carbonyl (C=O) groups is 2. The molecule has 3 atom stereocenters. The number of aromatic nitrogens is 1. The zero-order valence-corrected chi connectivity index (χ0v) is 17.0. The van der Waals surface area contributed by atoms with Crippen LogP contribution in [0.3, 0.4) is 0 Å². The van der Waals surface area contributed by atoms with Crippen LogP contribution in [0, 0.1) is 18.8 Å². The van der Waals surface area contributed by atoms with E-state index in [1.807, 2.05) is 56.3 Å². The van der Waals surface area contributed by atoms with Crippen LogP contribution in [0.2, 0.25) is 0 Å². The molecule has 0 saturated heterocycles. The van der Waals surface area contributed by atoms with Crippen LogP contribution in [0.5, 0.6) is 0 Å². The zero-order valence-electron chi connectivity index (χ0n) is 17.0. The summed E-state index contributed by atoms with van der Waals surface area (Å²) < 4.78 is 0. The predicted octanol–water partition coefficient (Wildman–Crippen LogP) is 4.46. The molecule has 148 valence electrons. The molecule has 1 aromatic heterocycles. The molecule has 1 amide bonds. The van der Waals surface area contributed by atoms with Gasteiger partial charge in [0, 0.05) is 35.0 Å². The lowest BCUT2D eigenvalue weighted by Crippen LogP contribution is -2.41. The van der Waals surface area contributed by atoms with Crippen molar-refractivity contribution in [1.82, 2.24) is 4.98 Å². The van der Waals surface area contributed by atoms with Gasteiger partial charge in [-0.3, -0.25) is 14.6 Å². The van der Waals surface area contributed by atoms with Gasteiger partial charge in [-0.2, -0.15) is 0 Å². The summed E-state index contributed by atoms with van der Waals surface area (Å²) in [7, 11) is 0. The minimum atomic E-state index is -0.372. The number of nitrogens with zero attached hydrogens (tertiary/aromatic N) is 2. The minimum absolute atomic E-state index is 0.169. The summed E-state index contributed by atoms with van der Waals surface area (Å²) >= 11 is 0. The standard InChI is InChI=1S/C24H25N3O2/c1-14-12-18-23(19(28)13-14)22(17-9-5-4-6-10-17)21(16(3)26-18)24(29)27-20-11-7-8-15(2)25-20/h4-11,14,22-23H,12-13H2,1-3H3,(H,25,27,29)/t14-,22+,23-/m1/s1. The highest BCUT2D eigenvalue weighted by molar-refractivity contribution is 6.14. The number of allylic oxidation sites excluding steroid dienone is 1. The molecule has 2 heterocycles. The number of Topliss-reactive ketones (excluding diaryl/α,β-unsaturated/α-hetero) is 1. The summed E-state index contributed by atoms with van der Waals surface area (Å²) in [5.74, 6) is 0.0117. The number of hydrogen-bond acceptors (Lipinski definition) is 4. The molecule has 0 radical (unpaired) electrons. The highest BCUT2D eigenvalue weighted by Crippen LogP contribution is 2.43. The van der Waals surface area contributed by atoms with Gasteiger partial charge in [0.25, 0.3) is 5.91 Å². The van der Waals surface area contributed by atoms with Crippen molar-refractivity contribution < 1.29 is 9.59 Å². The van der Waals surface area contributed by atoms with Crippen LogP contribution in [0.25, 0.3) is 0 Å². The van der Waals surface area contributed by atoms with Crippen molar-refractivity contribution in [2.45, 2.75) is 39.5 Å². The van der Waals surface area contributed by atoms with Crippen molar-refractivity contribution >= 4 is 23.2 Å². The van der Waals surface area contributed by atoms with Crippen LogP contribution >= 0.6 is 0 Å². The van der Waals surface area contributed by atoms with Crippen molar-refractivity contribution in [1.29, 1.82) is 0 Å². The molecular formula is C24H25N3O2. The monoisotopic (exact) mass is 387 g/mol. The highest BCUT2D eigenvalue weighted by Gasteiger charge is 2.44. The maximum absolute atomic E-state index is 13.3. The number of pyridine rings is 1. The number of carbonyl (C=O) groups excluding carboxylic acids is 2. The van der Waals surface area contributed by atoms with Crippen molar-refractivity contribution in [3.8, 4) is 0 Å². The molecule has 5 nitrogen and oxygen atoms in total. The Bertz CT molecular complexity index is 1020. The van der Waals surface area contributed by atoms with Crippen molar-refractivity contribution in [3.63, 3.8) is 0 Å². The van der Waals surface area contributed by atoms with E-state index in [0.29, 0.717) is 23.5 Å². The summed E-state index contributed by atoms with van der Waals surface area (Å²) in [5.41, 5.74) is 3.93. The number of nitrogens with one attached hydrogen (secondary N) is 1. The van der Waals surface area contributed by atoms with Crippen LogP contribution in [0.15, 0.2) is 64.8 Å². The molecular weight excluding hydrogens is 362 g/mol. The third-order valence-electron chi connectivity index (χ3n) is 5.69. The second-order valence-corrected chi connectivity index (χ2v) is 8.07. The number of rotatable bonds is 3. The first-order valence-corrected chi connectivity index (χ1v) is 10.0. The summed E-state index contributed by atoms with van der Waals surface area (Å²) in [6.07, 6.45) is 1.33. The molecule has 1 saturated carbocycles. The van der Waals surface area contributed by atoms with E-state index < -0.39 is 0 Å². The van der Waals surface area contributed by atoms with Gasteiger partial charge >= 0.3 is 0 Å². The average Bonchev–Trinajstić information content (AvgIpc) is 2.67. The van der Waals surface area contributed by atoms with Crippen LogP contribution in [-0.4, -0.2) is 22.4 Å². The summed E-state index contributed by atoms with van der Waals surface area (Å²) in [5, 5.41) is 2.91. The van der Waals surface area contributed by atoms with Crippen LogP contribution in [0.1, 0.15) is 43.9 Å². The lowest BCUT2D eigenvalue weighted by molar-refractivity contribution is -0.123. The van der Waals surface area contributed by atoms with E-state index in [9.17, 15) is 9.59 Å². The summed E-state index contributed by atoms with van der Waals surface area (Å²) in [6.45, 7) is 5.83. The third-order valence-corrected chi connectivity index (χ3v) is 5.69. The lowest BCUT2D eigenvalue weighted by Gasteiger charge is -2.37. The topological polar surface area (TPSA) is 71.4 Å². The molecule has 2 aliphatic rings. The number of amides is 1. The second-order valence-electron chi connectivity index (χ2n) is 8.07. The molecule has 4 rings (SSSR count). The maximum atomic E-state index is 13.3. The van der Waals surface area contributed by atoms with Gasteiger partial charge in [-0.1, -0.05) is 43.3 Å². The van der Waals surface area contributed by atoms with Crippen molar-refractivity contribution in [2.24, 2.45) is 16.8 Å². The van der Waals surface area contributed by atoms with E-state index in [4.69, 9.17) is 4.99 Å². The van der Waals surface area contributed by atoms with Gasteiger partial charge in [0.05, 0.1) is 5.92 Å². The quantitative estimate of drug-likeness (QED) is 0.845. The number of benzene rings is 1. The predicted molar refractivity (Wildman–Crippen MR) is 114 cm³/mol. The number of anilines is 1. The summed E-state index contributed by atoms with van der Waals surface area (Å²) in [4.78, 5) is 35.5. The molecule has 1 aliphatic carbocycles. The molecule has 2 aromatic rings. The van der Waals surface area contributed by atoms with Crippen LogP contribution < -0.4 is 5.32 Å². The highest BCUT2D eigenvalue weighted by atomic mass is 16.2. The molecule has 1 fully saturated rings. The Morgan fingerprint density at radius 1 is 1.00 bits per heavy atom. The van der Waals surface area contributed by atoms with Crippen molar-refractivity contribution in [3.05, 3.63) is 71.1 Å². The molecule has 29 heavy (non-hydrogen) atoms. The summed E-state index contributed by atoms with van der Waals surface area (Å²) in [6, 6.07) is 15.3. The molecule has 1 N–H and O–H groups in total.